The zero-order valence-corrected chi connectivity index (χ0v) is 12.3. The monoisotopic (exact) mass is 250 g/mol. The number of aliphatic hydroxyl groups excluding tert-OH is 1. The summed E-state index contributed by atoms with van der Waals surface area (Å²) in [5.74, 6) is 0.280. The number of hydrogen-bond acceptors (Lipinski definition) is 1. The Hall–Kier alpha value is -0.860. The minimum Gasteiger partial charge on any atom is -0.392 e. The third kappa shape index (κ3) is 5.19. The van der Waals surface area contributed by atoms with E-state index in [4.69, 9.17) is 0 Å². The lowest BCUT2D eigenvalue weighted by atomic mass is 9.87. The molecule has 0 bridgehead atoms. The van der Waals surface area contributed by atoms with E-state index in [1.54, 1.807) is 0 Å². The topological polar surface area (TPSA) is 20.2 Å². The third-order valence-corrected chi connectivity index (χ3v) is 3.39. The lowest BCUT2D eigenvalue weighted by Crippen LogP contribution is -2.38. The summed E-state index contributed by atoms with van der Waals surface area (Å²) in [6, 6.07) is 10.4. The summed E-state index contributed by atoms with van der Waals surface area (Å²) in [6.45, 7) is 3.19. The van der Waals surface area contributed by atoms with E-state index in [2.05, 4.69) is 52.3 Å². The molecule has 2 unspecified atom stereocenters. The van der Waals surface area contributed by atoms with E-state index in [0.29, 0.717) is 0 Å². The zero-order chi connectivity index (χ0) is 13.6. The molecule has 1 aromatic carbocycles. The second-order valence-electron chi connectivity index (χ2n) is 6.18. The van der Waals surface area contributed by atoms with Crippen molar-refractivity contribution in [3.8, 4) is 0 Å². The average Bonchev–Trinajstić information content (AvgIpc) is 2.33. The maximum absolute atomic E-state index is 10.4. The predicted molar refractivity (Wildman–Crippen MR) is 77.6 cm³/mol. The summed E-state index contributed by atoms with van der Waals surface area (Å²) in [6.07, 6.45) is 2.80. The highest BCUT2D eigenvalue weighted by Crippen LogP contribution is 2.26. The second-order valence-corrected chi connectivity index (χ2v) is 6.18. The maximum Gasteiger partial charge on any atom is 0.0805 e. The van der Waals surface area contributed by atoms with Crippen LogP contribution in [0.1, 0.15) is 37.7 Å². The minimum absolute atomic E-state index is 0.232. The highest BCUT2D eigenvalue weighted by molar-refractivity contribution is 5.20. The fourth-order valence-electron chi connectivity index (χ4n) is 2.31. The molecule has 0 aliphatic carbocycles. The Morgan fingerprint density at radius 1 is 1.06 bits per heavy atom. The summed E-state index contributed by atoms with van der Waals surface area (Å²) in [7, 11) is 6.51. The molecule has 0 heterocycles. The van der Waals surface area contributed by atoms with Crippen molar-refractivity contribution in [2.45, 2.75) is 38.2 Å². The van der Waals surface area contributed by atoms with Gasteiger partial charge in [0.15, 0.2) is 0 Å². The van der Waals surface area contributed by atoms with E-state index in [9.17, 15) is 5.11 Å². The van der Waals surface area contributed by atoms with Crippen molar-refractivity contribution in [3.63, 3.8) is 0 Å². The highest BCUT2D eigenvalue weighted by atomic mass is 16.3. The number of aliphatic hydroxyl groups is 1. The molecule has 0 saturated carbocycles. The second kappa shape index (κ2) is 6.91. The van der Waals surface area contributed by atoms with Gasteiger partial charge in [0.05, 0.1) is 33.8 Å². The number of hydrogen-bond donors (Lipinski definition) is 1. The van der Waals surface area contributed by atoms with E-state index < -0.39 is 0 Å². The molecule has 0 spiro atoms. The Balaban J connectivity index is 2.67. The van der Waals surface area contributed by atoms with Crippen molar-refractivity contribution in [2.75, 3.05) is 27.7 Å². The molecule has 1 rings (SSSR count). The van der Waals surface area contributed by atoms with Gasteiger partial charge < -0.3 is 9.59 Å². The largest absolute Gasteiger partial charge is 0.392 e. The molecule has 1 N–H and O–H groups in total. The van der Waals surface area contributed by atoms with Crippen molar-refractivity contribution < 1.29 is 9.59 Å². The Morgan fingerprint density at radius 3 is 2.17 bits per heavy atom. The van der Waals surface area contributed by atoms with Crippen LogP contribution in [0.5, 0.6) is 0 Å². The van der Waals surface area contributed by atoms with Gasteiger partial charge in [0.1, 0.15) is 0 Å². The first kappa shape index (κ1) is 15.2. The van der Waals surface area contributed by atoms with E-state index in [0.717, 1.165) is 30.3 Å². The molecular formula is C16H28NO+. The van der Waals surface area contributed by atoms with Crippen LogP contribution >= 0.6 is 0 Å². The van der Waals surface area contributed by atoms with Crippen molar-refractivity contribution in [1.29, 1.82) is 0 Å². The molecule has 2 nitrogen and oxygen atoms in total. The van der Waals surface area contributed by atoms with Crippen LogP contribution in [0, 0.1) is 0 Å². The molecule has 0 amide bonds. The predicted octanol–water partition coefficient (Wildman–Crippen LogP) is 3.03. The van der Waals surface area contributed by atoms with Crippen LogP contribution in [0.2, 0.25) is 0 Å². The SMILES string of the molecule is CCCC(c1ccccc1)C(O)CC[N+](C)(C)C. The summed E-state index contributed by atoms with van der Waals surface area (Å²) in [5.41, 5.74) is 1.27. The molecule has 0 radical (unpaired) electrons. The van der Waals surface area contributed by atoms with E-state index in [1.807, 2.05) is 6.07 Å². The van der Waals surface area contributed by atoms with Gasteiger partial charge >= 0.3 is 0 Å². The summed E-state index contributed by atoms with van der Waals surface area (Å²) >= 11 is 0. The van der Waals surface area contributed by atoms with E-state index in [1.165, 1.54) is 5.56 Å². The molecule has 2 atom stereocenters. The summed E-state index contributed by atoms with van der Waals surface area (Å²) in [5, 5.41) is 10.4. The van der Waals surface area contributed by atoms with Gasteiger partial charge in [-0.05, 0) is 12.0 Å². The van der Waals surface area contributed by atoms with E-state index in [-0.39, 0.29) is 12.0 Å². The van der Waals surface area contributed by atoms with Crippen LogP contribution in [0.15, 0.2) is 30.3 Å². The van der Waals surface area contributed by atoms with Gasteiger partial charge in [-0.2, -0.15) is 0 Å². The van der Waals surface area contributed by atoms with Crippen molar-refractivity contribution in [1.82, 2.24) is 0 Å². The quantitative estimate of drug-likeness (QED) is 0.738. The van der Waals surface area contributed by atoms with Crippen molar-refractivity contribution >= 4 is 0 Å². The molecule has 18 heavy (non-hydrogen) atoms. The minimum atomic E-state index is -0.232. The van der Waals surface area contributed by atoms with Crippen molar-refractivity contribution in [2.24, 2.45) is 0 Å². The first-order valence-corrected chi connectivity index (χ1v) is 6.97. The molecule has 0 saturated heterocycles. The van der Waals surface area contributed by atoms with Crippen LogP contribution in [-0.4, -0.2) is 43.4 Å². The lowest BCUT2D eigenvalue weighted by Gasteiger charge is -2.28. The summed E-state index contributed by atoms with van der Waals surface area (Å²) in [4.78, 5) is 0. The molecule has 0 aliphatic rings. The van der Waals surface area contributed by atoms with Crippen LogP contribution in [0.25, 0.3) is 0 Å². The van der Waals surface area contributed by atoms with Gasteiger partial charge in [-0.3, -0.25) is 0 Å². The van der Waals surface area contributed by atoms with Crippen LogP contribution in [0.4, 0.5) is 0 Å². The molecule has 1 aromatic rings. The normalized spacial score (nSPS) is 15.4. The highest BCUT2D eigenvalue weighted by Gasteiger charge is 2.22. The molecule has 0 aliphatic heterocycles. The van der Waals surface area contributed by atoms with E-state index >= 15 is 0 Å². The maximum atomic E-state index is 10.4. The number of rotatable bonds is 7. The molecule has 2 heteroatoms. The van der Waals surface area contributed by atoms with Gasteiger partial charge in [-0.25, -0.2) is 0 Å². The third-order valence-electron chi connectivity index (χ3n) is 3.39. The van der Waals surface area contributed by atoms with Crippen molar-refractivity contribution in [3.05, 3.63) is 35.9 Å². The molecular weight excluding hydrogens is 222 g/mol. The molecule has 102 valence electrons. The van der Waals surface area contributed by atoms with Gasteiger partial charge in [-0.1, -0.05) is 43.7 Å². The number of benzene rings is 1. The van der Waals surface area contributed by atoms with Gasteiger partial charge in [-0.15, -0.1) is 0 Å². The lowest BCUT2D eigenvalue weighted by molar-refractivity contribution is -0.870. The van der Waals surface area contributed by atoms with Gasteiger partial charge in [0, 0.05) is 12.3 Å². The Labute approximate surface area is 112 Å². The first-order valence-electron chi connectivity index (χ1n) is 6.97. The Bertz CT molecular complexity index is 329. The van der Waals surface area contributed by atoms with Gasteiger partial charge in [0.2, 0.25) is 0 Å². The van der Waals surface area contributed by atoms with Crippen LogP contribution in [0.3, 0.4) is 0 Å². The first-order chi connectivity index (χ1) is 8.44. The molecule has 0 aromatic heterocycles. The standard InChI is InChI=1S/C16H28NO/c1-5-9-15(14-10-7-6-8-11-14)16(18)12-13-17(2,3)4/h6-8,10-11,15-16,18H,5,9,12-13H2,1-4H3/q+1. The molecule has 0 fully saturated rings. The van der Waals surface area contributed by atoms with Gasteiger partial charge in [0.25, 0.3) is 0 Å². The Kier molecular flexibility index (Phi) is 5.83. The fourth-order valence-corrected chi connectivity index (χ4v) is 2.31. The zero-order valence-electron chi connectivity index (χ0n) is 12.3. The average molecular weight is 250 g/mol. The fraction of sp³-hybridized carbons (Fsp3) is 0.625. The van der Waals surface area contributed by atoms with Crippen LogP contribution < -0.4 is 0 Å². The summed E-state index contributed by atoms with van der Waals surface area (Å²) < 4.78 is 0.907. The number of nitrogens with zero attached hydrogens (tertiary/aromatic N) is 1. The smallest absolute Gasteiger partial charge is 0.0805 e. The van der Waals surface area contributed by atoms with Crippen LogP contribution in [-0.2, 0) is 0 Å². The number of quaternary nitrogens is 1. The Morgan fingerprint density at radius 2 is 1.67 bits per heavy atom.